The monoisotopic (exact) mass is 373 g/mol. The zero-order valence-corrected chi connectivity index (χ0v) is 15.3. The van der Waals surface area contributed by atoms with Gasteiger partial charge in [-0.1, -0.05) is 12.1 Å². The van der Waals surface area contributed by atoms with Crippen LogP contribution < -0.4 is 5.32 Å². The van der Waals surface area contributed by atoms with Crippen LogP contribution in [0.1, 0.15) is 45.9 Å². The predicted molar refractivity (Wildman–Crippen MR) is 104 cm³/mol. The van der Waals surface area contributed by atoms with Crippen LogP contribution in [0.4, 0.5) is 5.69 Å². The molecule has 3 aromatic rings. The van der Waals surface area contributed by atoms with Gasteiger partial charge in [-0.25, -0.2) is 4.98 Å². The van der Waals surface area contributed by atoms with Crippen molar-refractivity contribution < 1.29 is 9.59 Å². The number of carbonyl (C=O) groups is 2. The Labute approximate surface area is 162 Å². The third-order valence-electron chi connectivity index (χ3n) is 4.85. The standard InChI is InChI=1S/C21H19N5O2/c22-14-15-7-6-8-16(13-15)23-20(27)18-17-9-2-5-12-26(17)19(24-18)21(28)25-10-3-1-4-11-25/h2,5-9,12-13H,1,3-4,10-11H2,(H,23,27). The van der Waals surface area contributed by atoms with Crippen LogP contribution in [0.25, 0.3) is 5.52 Å². The number of nitriles is 1. The number of pyridine rings is 1. The molecular weight excluding hydrogens is 354 g/mol. The number of aromatic nitrogens is 2. The van der Waals surface area contributed by atoms with Gasteiger partial charge in [0.15, 0.2) is 5.69 Å². The molecule has 2 aromatic heterocycles. The molecule has 0 radical (unpaired) electrons. The normalized spacial score (nSPS) is 13.9. The molecule has 3 heterocycles. The van der Waals surface area contributed by atoms with Crippen LogP contribution in [0.3, 0.4) is 0 Å². The van der Waals surface area contributed by atoms with Crippen LogP contribution in [0.5, 0.6) is 0 Å². The van der Waals surface area contributed by atoms with Crippen LogP contribution in [-0.2, 0) is 0 Å². The summed E-state index contributed by atoms with van der Waals surface area (Å²) >= 11 is 0. The van der Waals surface area contributed by atoms with Gasteiger partial charge >= 0.3 is 0 Å². The number of amides is 2. The number of hydrogen-bond donors (Lipinski definition) is 1. The summed E-state index contributed by atoms with van der Waals surface area (Å²) in [5.74, 6) is -0.337. The van der Waals surface area contributed by atoms with E-state index in [1.165, 1.54) is 0 Å². The topological polar surface area (TPSA) is 90.5 Å². The van der Waals surface area contributed by atoms with Crippen LogP contribution >= 0.6 is 0 Å². The number of nitrogens with one attached hydrogen (secondary N) is 1. The minimum atomic E-state index is -0.420. The summed E-state index contributed by atoms with van der Waals surface area (Å²) in [5, 5.41) is 11.8. The number of anilines is 1. The quantitative estimate of drug-likeness (QED) is 0.764. The second kappa shape index (κ2) is 7.53. The molecule has 0 unspecified atom stereocenters. The Morgan fingerprint density at radius 3 is 2.68 bits per heavy atom. The Hall–Kier alpha value is -3.66. The highest BCUT2D eigenvalue weighted by Crippen LogP contribution is 2.19. The third-order valence-corrected chi connectivity index (χ3v) is 4.85. The Morgan fingerprint density at radius 2 is 1.89 bits per heavy atom. The van der Waals surface area contributed by atoms with Crippen molar-refractivity contribution in [1.82, 2.24) is 14.3 Å². The molecule has 1 aliphatic heterocycles. The summed E-state index contributed by atoms with van der Waals surface area (Å²) in [6, 6.07) is 14.1. The lowest BCUT2D eigenvalue weighted by Gasteiger charge is -2.25. The lowest BCUT2D eigenvalue weighted by Crippen LogP contribution is -2.36. The molecule has 140 valence electrons. The summed E-state index contributed by atoms with van der Waals surface area (Å²) < 4.78 is 1.66. The molecule has 0 bridgehead atoms. The number of likely N-dealkylation sites (tertiary alicyclic amines) is 1. The number of imidazole rings is 1. The van der Waals surface area contributed by atoms with Gasteiger partial charge in [0.05, 0.1) is 17.1 Å². The average Bonchev–Trinajstić information content (AvgIpc) is 3.14. The van der Waals surface area contributed by atoms with Crippen molar-refractivity contribution in [3.63, 3.8) is 0 Å². The first-order valence-electron chi connectivity index (χ1n) is 9.25. The van der Waals surface area contributed by atoms with E-state index in [9.17, 15) is 9.59 Å². The molecule has 1 fully saturated rings. The van der Waals surface area contributed by atoms with E-state index in [0.29, 0.717) is 29.9 Å². The van der Waals surface area contributed by atoms with Crippen LogP contribution in [0.15, 0.2) is 48.7 Å². The molecule has 28 heavy (non-hydrogen) atoms. The van der Waals surface area contributed by atoms with E-state index in [4.69, 9.17) is 5.26 Å². The Morgan fingerprint density at radius 1 is 1.07 bits per heavy atom. The Balaban J connectivity index is 1.68. The maximum absolute atomic E-state index is 13.0. The molecule has 1 aliphatic rings. The van der Waals surface area contributed by atoms with Crippen molar-refractivity contribution in [2.75, 3.05) is 18.4 Å². The number of rotatable bonds is 3. The second-order valence-electron chi connectivity index (χ2n) is 6.74. The highest BCUT2D eigenvalue weighted by Gasteiger charge is 2.26. The summed E-state index contributed by atoms with van der Waals surface area (Å²) in [7, 11) is 0. The van der Waals surface area contributed by atoms with Crippen molar-refractivity contribution in [1.29, 1.82) is 5.26 Å². The molecule has 1 aromatic carbocycles. The SMILES string of the molecule is N#Cc1cccc(NC(=O)c2nc(C(=O)N3CCCCC3)n3ccccc23)c1. The van der Waals surface area contributed by atoms with Crippen LogP contribution in [0, 0.1) is 11.3 Å². The van der Waals surface area contributed by atoms with Gasteiger partial charge < -0.3 is 10.2 Å². The number of fused-ring (bicyclic) bond motifs is 1. The van der Waals surface area contributed by atoms with Crippen molar-refractivity contribution in [3.8, 4) is 6.07 Å². The molecule has 7 nitrogen and oxygen atoms in total. The maximum atomic E-state index is 13.0. The number of nitrogens with zero attached hydrogens (tertiary/aromatic N) is 4. The molecule has 1 N–H and O–H groups in total. The first-order valence-corrected chi connectivity index (χ1v) is 9.25. The van der Waals surface area contributed by atoms with Gasteiger partial charge in [-0.2, -0.15) is 5.26 Å². The van der Waals surface area contributed by atoms with E-state index in [2.05, 4.69) is 10.3 Å². The number of benzene rings is 1. The third kappa shape index (κ3) is 3.32. The van der Waals surface area contributed by atoms with Gasteiger partial charge in [0.1, 0.15) is 0 Å². The lowest BCUT2D eigenvalue weighted by atomic mass is 10.1. The molecule has 0 aliphatic carbocycles. The summed E-state index contributed by atoms with van der Waals surface area (Å²) in [5.41, 5.74) is 1.71. The zero-order chi connectivity index (χ0) is 19.5. The fraction of sp³-hybridized carbons (Fsp3) is 0.238. The second-order valence-corrected chi connectivity index (χ2v) is 6.74. The van der Waals surface area contributed by atoms with Crippen molar-refractivity contribution in [2.24, 2.45) is 0 Å². The van der Waals surface area contributed by atoms with Gasteiger partial charge in [0.2, 0.25) is 5.82 Å². The summed E-state index contributed by atoms with van der Waals surface area (Å²) in [4.78, 5) is 32.0. The van der Waals surface area contributed by atoms with Gasteiger partial charge in [0.25, 0.3) is 11.8 Å². The van der Waals surface area contributed by atoms with Gasteiger partial charge in [-0.05, 0) is 49.6 Å². The van der Waals surface area contributed by atoms with Gasteiger partial charge in [-0.3, -0.25) is 14.0 Å². The largest absolute Gasteiger partial charge is 0.336 e. The predicted octanol–water partition coefficient (Wildman–Crippen LogP) is 3.08. The number of carbonyl (C=O) groups excluding carboxylic acids is 2. The van der Waals surface area contributed by atoms with Crippen molar-refractivity contribution in [2.45, 2.75) is 19.3 Å². The van der Waals surface area contributed by atoms with Crippen LogP contribution in [0.2, 0.25) is 0 Å². The minimum absolute atomic E-state index is 0.161. The molecule has 0 spiro atoms. The summed E-state index contributed by atoms with van der Waals surface area (Å²) in [6.45, 7) is 1.42. The zero-order valence-electron chi connectivity index (χ0n) is 15.3. The van der Waals surface area contributed by atoms with E-state index in [0.717, 1.165) is 19.3 Å². The van der Waals surface area contributed by atoms with E-state index in [1.54, 1.807) is 58.0 Å². The fourth-order valence-corrected chi connectivity index (χ4v) is 3.45. The molecule has 2 amide bonds. The van der Waals surface area contributed by atoms with Crippen molar-refractivity contribution >= 4 is 23.0 Å². The molecule has 0 saturated carbocycles. The smallest absolute Gasteiger partial charge is 0.290 e. The lowest BCUT2D eigenvalue weighted by molar-refractivity contribution is 0.0711. The molecule has 1 saturated heterocycles. The van der Waals surface area contributed by atoms with Gasteiger partial charge in [-0.15, -0.1) is 0 Å². The van der Waals surface area contributed by atoms with Crippen molar-refractivity contribution in [3.05, 3.63) is 65.7 Å². The summed E-state index contributed by atoms with van der Waals surface area (Å²) in [6.07, 6.45) is 4.84. The highest BCUT2D eigenvalue weighted by atomic mass is 16.2. The molecular formula is C21H19N5O2. The van der Waals surface area contributed by atoms with E-state index >= 15 is 0 Å². The first-order chi connectivity index (χ1) is 13.7. The van der Waals surface area contributed by atoms with Gasteiger partial charge in [0, 0.05) is 25.0 Å². The first kappa shape index (κ1) is 17.7. The molecule has 0 atom stereocenters. The van der Waals surface area contributed by atoms with E-state index in [1.807, 2.05) is 6.07 Å². The van der Waals surface area contributed by atoms with Crippen LogP contribution in [-0.4, -0.2) is 39.2 Å². The molecule has 7 heteroatoms. The minimum Gasteiger partial charge on any atom is -0.336 e. The number of piperidine rings is 1. The fourth-order valence-electron chi connectivity index (χ4n) is 3.45. The maximum Gasteiger partial charge on any atom is 0.290 e. The van der Waals surface area contributed by atoms with E-state index < -0.39 is 5.91 Å². The molecule has 4 rings (SSSR count). The average molecular weight is 373 g/mol. The Bertz CT molecular complexity index is 1090. The number of hydrogen-bond acceptors (Lipinski definition) is 4. The van der Waals surface area contributed by atoms with E-state index in [-0.39, 0.29) is 17.4 Å². The highest BCUT2D eigenvalue weighted by molar-refractivity contribution is 6.09. The Kier molecular flexibility index (Phi) is 4.77.